The molecule has 10 heteroatoms. The van der Waals surface area contributed by atoms with Gasteiger partial charge in [0.1, 0.15) is 17.6 Å². The normalized spacial score (nSPS) is 16.0. The summed E-state index contributed by atoms with van der Waals surface area (Å²) in [5.74, 6) is 4.40. The lowest BCUT2D eigenvalue weighted by atomic mass is 10.0. The van der Waals surface area contributed by atoms with Crippen molar-refractivity contribution in [1.82, 2.24) is 19.7 Å². The molecule has 2 aliphatic rings. The van der Waals surface area contributed by atoms with Gasteiger partial charge in [-0.25, -0.2) is 9.37 Å². The third-order valence-corrected chi connectivity index (χ3v) is 8.44. The molecule has 1 saturated heterocycles. The lowest BCUT2D eigenvalue weighted by Gasteiger charge is -2.32. The number of hydrogen-bond donors (Lipinski definition) is 2. The van der Waals surface area contributed by atoms with Gasteiger partial charge < -0.3 is 14.9 Å². The smallest absolute Gasteiger partial charge is 0.255 e. The summed E-state index contributed by atoms with van der Waals surface area (Å²) in [6.07, 6.45) is 1.54. The van der Waals surface area contributed by atoms with Crippen molar-refractivity contribution in [3.63, 3.8) is 0 Å². The van der Waals surface area contributed by atoms with E-state index < -0.39 is 23.7 Å². The van der Waals surface area contributed by atoms with E-state index in [0.717, 1.165) is 50.4 Å². The van der Waals surface area contributed by atoms with E-state index in [4.69, 9.17) is 0 Å². The number of aromatic hydroxyl groups is 1. The molecule has 218 valence electrons. The minimum atomic E-state index is -1.28. The van der Waals surface area contributed by atoms with E-state index in [1.54, 1.807) is 11.4 Å². The van der Waals surface area contributed by atoms with Crippen LogP contribution < -0.4 is 5.32 Å². The second-order valence-corrected chi connectivity index (χ2v) is 11.7. The van der Waals surface area contributed by atoms with Gasteiger partial charge in [-0.1, -0.05) is 30.0 Å². The van der Waals surface area contributed by atoms with Crippen LogP contribution in [0.2, 0.25) is 0 Å². The predicted octanol–water partition coefficient (Wildman–Crippen LogP) is 4.47. The maximum atomic E-state index is 14.2. The Morgan fingerprint density at radius 1 is 1.05 bits per heavy atom. The Labute approximate surface area is 253 Å². The molecule has 3 heterocycles. The van der Waals surface area contributed by atoms with E-state index in [9.17, 15) is 19.1 Å². The summed E-state index contributed by atoms with van der Waals surface area (Å²) in [5, 5.41) is 15.3. The number of likely N-dealkylation sites (N-methyl/N-ethyl adjacent to an activating group) is 1. The number of fused-ring (bicyclic) bond motifs is 1. The van der Waals surface area contributed by atoms with Gasteiger partial charge in [0.15, 0.2) is 5.13 Å². The van der Waals surface area contributed by atoms with Gasteiger partial charge in [-0.05, 0) is 60.6 Å². The molecular formula is C33H30FN5O3S. The third-order valence-electron chi connectivity index (χ3n) is 7.76. The number of carbonyl (C=O) groups is 2. The highest BCUT2D eigenvalue weighted by molar-refractivity contribution is 7.13. The predicted molar refractivity (Wildman–Crippen MR) is 163 cm³/mol. The summed E-state index contributed by atoms with van der Waals surface area (Å²) in [5.41, 5.74) is 3.90. The summed E-state index contributed by atoms with van der Waals surface area (Å²) in [6, 6.07) is 15.7. The van der Waals surface area contributed by atoms with Crippen molar-refractivity contribution < 1.29 is 19.1 Å². The van der Waals surface area contributed by atoms with Crippen LogP contribution in [-0.4, -0.2) is 69.8 Å². The van der Waals surface area contributed by atoms with Crippen molar-refractivity contribution in [2.24, 2.45) is 0 Å². The molecule has 0 radical (unpaired) electrons. The molecule has 6 rings (SSSR count). The molecule has 2 N–H and O–H groups in total. The molecule has 2 amide bonds. The minimum Gasteiger partial charge on any atom is -0.508 e. The molecule has 0 spiro atoms. The zero-order valence-corrected chi connectivity index (χ0v) is 24.4. The first-order chi connectivity index (χ1) is 20.8. The number of halogens is 1. The van der Waals surface area contributed by atoms with Gasteiger partial charge >= 0.3 is 0 Å². The largest absolute Gasteiger partial charge is 0.508 e. The van der Waals surface area contributed by atoms with E-state index in [-0.39, 0.29) is 17.9 Å². The van der Waals surface area contributed by atoms with Gasteiger partial charge in [0.05, 0.1) is 0 Å². The second-order valence-electron chi connectivity index (χ2n) is 10.8. The Morgan fingerprint density at radius 3 is 2.53 bits per heavy atom. The van der Waals surface area contributed by atoms with E-state index in [0.29, 0.717) is 21.8 Å². The quantitative estimate of drug-likeness (QED) is 0.320. The number of phenols is 1. The number of anilines is 1. The average Bonchev–Trinajstić information content (AvgIpc) is 3.63. The van der Waals surface area contributed by atoms with Crippen LogP contribution in [0.1, 0.15) is 44.2 Å². The molecule has 4 aromatic rings. The van der Waals surface area contributed by atoms with E-state index >= 15 is 0 Å². The number of rotatable bonds is 6. The fourth-order valence-corrected chi connectivity index (χ4v) is 5.90. The van der Waals surface area contributed by atoms with Crippen molar-refractivity contribution in [3.8, 4) is 17.6 Å². The number of aromatic nitrogens is 1. The standard InChI is InChI=1S/C33H30FN5O3S/c1-37-13-15-38(16-14-37)20-24-6-3-22(4-7-24)2-5-23-8-9-25-21-39(32(42)27(25)18-23)30(28-19-26(34)10-11-29(28)40)31(41)36-33-35-12-17-43-33/h3-4,6-12,17-19,30,40H,13-16,20-21H2,1H3,(H,35,36,41). The average molecular weight is 596 g/mol. The molecule has 1 fully saturated rings. The van der Waals surface area contributed by atoms with E-state index in [2.05, 4.69) is 51.1 Å². The highest BCUT2D eigenvalue weighted by Crippen LogP contribution is 2.36. The number of nitrogens with one attached hydrogen (secondary N) is 1. The zero-order valence-electron chi connectivity index (χ0n) is 23.6. The highest BCUT2D eigenvalue weighted by Gasteiger charge is 2.39. The van der Waals surface area contributed by atoms with Crippen LogP contribution in [0.3, 0.4) is 0 Å². The lowest BCUT2D eigenvalue weighted by molar-refractivity contribution is -0.120. The number of nitrogens with zero attached hydrogens (tertiary/aromatic N) is 4. The number of benzene rings is 3. The van der Waals surface area contributed by atoms with Crippen LogP contribution in [0.25, 0.3) is 0 Å². The Bertz CT molecular complexity index is 1710. The Hall–Kier alpha value is -4.56. The van der Waals surface area contributed by atoms with E-state index in [1.807, 2.05) is 24.3 Å². The summed E-state index contributed by atoms with van der Waals surface area (Å²) >= 11 is 1.21. The second kappa shape index (κ2) is 12.4. The summed E-state index contributed by atoms with van der Waals surface area (Å²) in [4.78, 5) is 37.3. The Morgan fingerprint density at radius 2 is 1.79 bits per heavy atom. The molecule has 0 saturated carbocycles. The monoisotopic (exact) mass is 595 g/mol. The highest BCUT2D eigenvalue weighted by atomic mass is 32.1. The van der Waals surface area contributed by atoms with Gasteiger partial charge in [-0.3, -0.25) is 19.8 Å². The first-order valence-corrected chi connectivity index (χ1v) is 14.9. The SMILES string of the molecule is CN1CCN(Cc2ccc(C#Cc3ccc4c(c3)C(=O)N(C(C(=O)Nc3nccs3)c3cc(F)ccc3O)C4)cc2)CC1. The first-order valence-electron chi connectivity index (χ1n) is 14.0. The van der Waals surface area contributed by atoms with Gasteiger partial charge in [0, 0.05) is 73.1 Å². The molecule has 1 atom stereocenters. The molecule has 1 unspecified atom stereocenters. The van der Waals surface area contributed by atoms with E-state index in [1.165, 1.54) is 34.1 Å². The molecule has 0 bridgehead atoms. The van der Waals surface area contributed by atoms with Crippen LogP contribution in [0, 0.1) is 17.7 Å². The van der Waals surface area contributed by atoms with Crippen molar-refractivity contribution >= 4 is 28.3 Å². The lowest BCUT2D eigenvalue weighted by Crippen LogP contribution is -2.43. The van der Waals surface area contributed by atoms with Crippen molar-refractivity contribution in [1.29, 1.82) is 0 Å². The van der Waals surface area contributed by atoms with Crippen molar-refractivity contribution in [2.45, 2.75) is 19.1 Å². The summed E-state index contributed by atoms with van der Waals surface area (Å²) < 4.78 is 14.2. The maximum absolute atomic E-state index is 14.2. The molecule has 3 aromatic carbocycles. The van der Waals surface area contributed by atoms with Gasteiger partial charge in [-0.2, -0.15) is 0 Å². The zero-order chi connectivity index (χ0) is 29.9. The molecule has 2 aliphatic heterocycles. The van der Waals surface area contributed by atoms with Crippen molar-refractivity contribution in [2.75, 3.05) is 38.5 Å². The third kappa shape index (κ3) is 6.44. The number of amides is 2. The van der Waals surface area contributed by atoms with Gasteiger partial charge in [0.25, 0.3) is 11.8 Å². The van der Waals surface area contributed by atoms with Crippen LogP contribution in [0.5, 0.6) is 5.75 Å². The molecule has 43 heavy (non-hydrogen) atoms. The summed E-state index contributed by atoms with van der Waals surface area (Å²) in [6.45, 7) is 5.32. The number of carbonyl (C=O) groups excluding carboxylic acids is 2. The van der Waals surface area contributed by atoms with Gasteiger partial charge in [-0.15, -0.1) is 11.3 Å². The van der Waals surface area contributed by atoms with Crippen LogP contribution in [-0.2, 0) is 17.9 Å². The molecule has 8 nitrogen and oxygen atoms in total. The number of thiazole rings is 1. The molecule has 1 aromatic heterocycles. The van der Waals surface area contributed by atoms with Crippen LogP contribution in [0.15, 0.2) is 72.2 Å². The first kappa shape index (κ1) is 28.6. The summed E-state index contributed by atoms with van der Waals surface area (Å²) in [7, 11) is 2.15. The molecule has 0 aliphatic carbocycles. The van der Waals surface area contributed by atoms with Crippen molar-refractivity contribution in [3.05, 3.63) is 111 Å². The van der Waals surface area contributed by atoms with Gasteiger partial charge in [0.2, 0.25) is 0 Å². The fraction of sp³-hybridized carbons (Fsp3) is 0.242. The Balaban J connectivity index is 1.20. The number of phenolic OH excluding ortho intramolecular Hbond substituents is 1. The van der Waals surface area contributed by atoms with Crippen LogP contribution >= 0.6 is 11.3 Å². The van der Waals surface area contributed by atoms with Crippen LogP contribution in [0.4, 0.5) is 9.52 Å². The topological polar surface area (TPSA) is 89.0 Å². The maximum Gasteiger partial charge on any atom is 0.255 e. The fourth-order valence-electron chi connectivity index (χ4n) is 5.37. The Kier molecular flexibility index (Phi) is 8.20. The number of hydrogen-bond acceptors (Lipinski definition) is 7. The number of piperazine rings is 1. The minimum absolute atomic E-state index is 0.00806. The molecular weight excluding hydrogens is 565 g/mol.